The molecule has 0 bridgehead atoms. The number of alkyl halides is 3. The minimum atomic E-state index is -4.65. The van der Waals surface area contributed by atoms with Crippen LogP contribution < -0.4 is 10.7 Å². The predicted molar refractivity (Wildman–Crippen MR) is 147 cm³/mol. The fourth-order valence-corrected chi connectivity index (χ4v) is 4.11. The van der Waals surface area contributed by atoms with Crippen LogP contribution in [0.2, 0.25) is 10.0 Å². The first-order valence-electron chi connectivity index (χ1n) is 11.9. The number of benzene rings is 3. The smallest absolute Gasteiger partial charge is 0.396 e. The van der Waals surface area contributed by atoms with Gasteiger partial charge in [0.15, 0.2) is 0 Å². The number of nitrogens with one attached hydrogen (secondary N) is 2. The van der Waals surface area contributed by atoms with Crippen molar-refractivity contribution in [2.45, 2.75) is 19.1 Å². The molecule has 14 heteroatoms. The van der Waals surface area contributed by atoms with E-state index in [2.05, 4.69) is 26.2 Å². The largest absolute Gasteiger partial charge is 0.417 e. The first kappa shape index (κ1) is 29.7. The van der Waals surface area contributed by atoms with Crippen LogP contribution in [-0.2, 0) is 19.1 Å². The molecule has 0 saturated carbocycles. The van der Waals surface area contributed by atoms with Crippen molar-refractivity contribution in [1.29, 1.82) is 0 Å². The maximum Gasteiger partial charge on any atom is 0.417 e. The average molecular weight is 605 g/mol. The summed E-state index contributed by atoms with van der Waals surface area (Å²) < 4.78 is 40.9. The molecule has 4 rings (SSSR count). The number of aliphatic hydroxyl groups is 1. The molecule has 3 aromatic carbocycles. The van der Waals surface area contributed by atoms with Crippen molar-refractivity contribution in [3.63, 3.8) is 0 Å². The summed E-state index contributed by atoms with van der Waals surface area (Å²) in [5.41, 5.74) is 3.06. The zero-order valence-electron chi connectivity index (χ0n) is 21.0. The lowest BCUT2D eigenvalue weighted by Crippen LogP contribution is -2.21. The lowest BCUT2D eigenvalue weighted by atomic mass is 10.1. The van der Waals surface area contributed by atoms with Gasteiger partial charge in [0.25, 0.3) is 11.8 Å². The SMILES string of the molecule is O=C(Nc1ccc(Cl)cc1C(=O)N/N=C/c1ccc(Cl)c(C(F)(F)F)c1)c1cccc(Cn2cc(CCO)nn2)c1. The van der Waals surface area contributed by atoms with Crippen LogP contribution in [0.15, 0.2) is 72.0 Å². The summed E-state index contributed by atoms with van der Waals surface area (Å²) in [6, 6.07) is 14.2. The Kier molecular flexibility index (Phi) is 9.38. The van der Waals surface area contributed by atoms with Crippen molar-refractivity contribution in [3.05, 3.63) is 110 Å². The van der Waals surface area contributed by atoms with E-state index in [0.29, 0.717) is 24.2 Å². The molecule has 2 amide bonds. The van der Waals surface area contributed by atoms with Gasteiger partial charge in [0.05, 0.1) is 40.3 Å². The van der Waals surface area contributed by atoms with Gasteiger partial charge in [0, 0.05) is 29.8 Å². The van der Waals surface area contributed by atoms with E-state index in [1.807, 2.05) is 6.07 Å². The number of hydrogen-bond acceptors (Lipinski definition) is 6. The monoisotopic (exact) mass is 604 g/mol. The first-order chi connectivity index (χ1) is 19.5. The number of aromatic nitrogens is 3. The molecule has 0 saturated heterocycles. The fourth-order valence-electron chi connectivity index (χ4n) is 3.72. The number of hydrogen-bond donors (Lipinski definition) is 3. The lowest BCUT2D eigenvalue weighted by Gasteiger charge is -2.12. The summed E-state index contributed by atoms with van der Waals surface area (Å²) >= 11 is 11.7. The Morgan fingerprint density at radius 3 is 2.61 bits per heavy atom. The second kappa shape index (κ2) is 12.9. The van der Waals surface area contributed by atoms with Gasteiger partial charge in [0.1, 0.15) is 0 Å². The Hall–Kier alpha value is -4.26. The zero-order chi connectivity index (χ0) is 29.6. The van der Waals surface area contributed by atoms with Crippen LogP contribution in [0.25, 0.3) is 0 Å². The summed E-state index contributed by atoms with van der Waals surface area (Å²) in [6.07, 6.45) is -1.55. The van der Waals surface area contributed by atoms with Crippen molar-refractivity contribution in [2.75, 3.05) is 11.9 Å². The van der Waals surface area contributed by atoms with Gasteiger partial charge in [-0.05, 0) is 53.6 Å². The number of rotatable bonds is 9. The second-order valence-corrected chi connectivity index (χ2v) is 9.51. The van der Waals surface area contributed by atoms with Crippen LogP contribution in [0.1, 0.15) is 43.1 Å². The molecule has 41 heavy (non-hydrogen) atoms. The van der Waals surface area contributed by atoms with Crippen LogP contribution in [0.4, 0.5) is 18.9 Å². The molecule has 0 aliphatic heterocycles. The highest BCUT2D eigenvalue weighted by molar-refractivity contribution is 6.31. The molecule has 0 radical (unpaired) electrons. The maximum atomic E-state index is 13.1. The number of carbonyl (C=O) groups is 2. The van der Waals surface area contributed by atoms with E-state index in [1.165, 1.54) is 24.3 Å². The summed E-state index contributed by atoms with van der Waals surface area (Å²) in [4.78, 5) is 25.9. The van der Waals surface area contributed by atoms with E-state index in [-0.39, 0.29) is 28.4 Å². The number of hydrazone groups is 1. The molecule has 0 atom stereocenters. The minimum Gasteiger partial charge on any atom is -0.396 e. The van der Waals surface area contributed by atoms with Crippen LogP contribution in [-0.4, -0.2) is 44.7 Å². The molecule has 0 aliphatic rings. The highest BCUT2D eigenvalue weighted by Crippen LogP contribution is 2.34. The van der Waals surface area contributed by atoms with Gasteiger partial charge in [-0.15, -0.1) is 5.10 Å². The Bertz CT molecular complexity index is 1610. The van der Waals surface area contributed by atoms with E-state index in [1.54, 1.807) is 29.1 Å². The quantitative estimate of drug-likeness (QED) is 0.179. The predicted octanol–water partition coefficient (Wildman–Crippen LogP) is 5.20. The maximum absolute atomic E-state index is 13.1. The second-order valence-electron chi connectivity index (χ2n) is 8.66. The van der Waals surface area contributed by atoms with Crippen molar-refractivity contribution in [2.24, 2.45) is 5.10 Å². The van der Waals surface area contributed by atoms with E-state index >= 15 is 0 Å². The van der Waals surface area contributed by atoms with Crippen LogP contribution in [0.3, 0.4) is 0 Å². The molecular weight excluding hydrogens is 584 g/mol. The highest BCUT2D eigenvalue weighted by atomic mass is 35.5. The minimum absolute atomic E-state index is 0.0229. The molecule has 0 spiro atoms. The summed E-state index contributed by atoms with van der Waals surface area (Å²) in [5, 5.41) is 23.2. The van der Waals surface area contributed by atoms with Gasteiger partial charge >= 0.3 is 6.18 Å². The van der Waals surface area contributed by atoms with Crippen molar-refractivity contribution in [1.82, 2.24) is 20.4 Å². The lowest BCUT2D eigenvalue weighted by molar-refractivity contribution is -0.137. The molecule has 3 N–H and O–H groups in total. The Morgan fingerprint density at radius 2 is 1.85 bits per heavy atom. The first-order valence-corrected chi connectivity index (χ1v) is 12.7. The number of anilines is 1. The van der Waals surface area contributed by atoms with Gasteiger partial charge in [-0.3, -0.25) is 9.59 Å². The topological polar surface area (TPSA) is 122 Å². The fraction of sp³-hybridized carbons (Fsp3) is 0.148. The van der Waals surface area contributed by atoms with Crippen LogP contribution >= 0.6 is 23.2 Å². The summed E-state index contributed by atoms with van der Waals surface area (Å²) in [7, 11) is 0. The highest BCUT2D eigenvalue weighted by Gasteiger charge is 2.33. The summed E-state index contributed by atoms with van der Waals surface area (Å²) in [6.45, 7) is 0.292. The van der Waals surface area contributed by atoms with Gasteiger partial charge in [-0.2, -0.15) is 18.3 Å². The van der Waals surface area contributed by atoms with Crippen LogP contribution in [0, 0.1) is 0 Å². The number of carbonyl (C=O) groups excluding carboxylic acids is 2. The molecule has 0 aliphatic carbocycles. The number of nitrogens with zero attached hydrogens (tertiary/aromatic N) is 4. The number of amides is 2. The molecular formula is C27H21Cl2F3N6O3. The number of aliphatic hydroxyl groups excluding tert-OH is 1. The van der Waals surface area contributed by atoms with Crippen LogP contribution in [0.5, 0.6) is 0 Å². The number of halogens is 5. The van der Waals surface area contributed by atoms with Crippen molar-refractivity contribution >= 4 is 46.9 Å². The van der Waals surface area contributed by atoms with Gasteiger partial charge in [0.2, 0.25) is 0 Å². The van der Waals surface area contributed by atoms with Crippen molar-refractivity contribution in [3.8, 4) is 0 Å². The van der Waals surface area contributed by atoms with E-state index < -0.39 is 28.6 Å². The van der Waals surface area contributed by atoms with Crippen molar-refractivity contribution < 1.29 is 27.9 Å². The molecule has 0 fully saturated rings. The van der Waals surface area contributed by atoms with E-state index in [9.17, 15) is 22.8 Å². The van der Waals surface area contributed by atoms with Gasteiger partial charge in [-0.25, -0.2) is 10.1 Å². The summed E-state index contributed by atoms with van der Waals surface area (Å²) in [5.74, 6) is -1.27. The average Bonchev–Trinajstić information content (AvgIpc) is 3.36. The Labute approximate surface area is 241 Å². The Balaban J connectivity index is 1.46. The molecule has 4 aromatic rings. The van der Waals surface area contributed by atoms with Gasteiger partial charge < -0.3 is 10.4 Å². The zero-order valence-corrected chi connectivity index (χ0v) is 22.5. The molecule has 0 unspecified atom stereocenters. The molecule has 212 valence electrons. The van der Waals surface area contributed by atoms with Gasteiger partial charge in [-0.1, -0.05) is 46.6 Å². The Morgan fingerprint density at radius 1 is 1.05 bits per heavy atom. The standard InChI is InChI=1S/C27H21Cl2F3N6O3/c28-19-5-7-24(21(12-19)26(41)36-33-13-16-4-6-23(29)22(11-16)27(30,31)32)34-25(40)18-3-1-2-17(10-18)14-38-15-20(8-9-39)35-37-38/h1-7,10-13,15,39H,8-9,14H2,(H,34,40)(H,36,41)/b33-13+. The molecule has 1 aromatic heterocycles. The normalized spacial score (nSPS) is 11.6. The molecule has 1 heterocycles. The molecule has 9 nitrogen and oxygen atoms in total. The third kappa shape index (κ3) is 7.91. The van der Waals surface area contributed by atoms with E-state index in [0.717, 1.165) is 23.9 Å². The van der Waals surface area contributed by atoms with E-state index in [4.69, 9.17) is 28.3 Å². The third-order valence-corrected chi connectivity index (χ3v) is 6.20. The third-order valence-electron chi connectivity index (χ3n) is 5.64.